The molecule has 0 unspecified atom stereocenters. The van der Waals surface area contributed by atoms with Crippen molar-refractivity contribution in [2.75, 3.05) is 31.9 Å². The summed E-state index contributed by atoms with van der Waals surface area (Å²) in [4.78, 5) is 4.31. The highest BCUT2D eigenvalue weighted by Gasteiger charge is 2.03. The van der Waals surface area contributed by atoms with E-state index in [4.69, 9.17) is 0 Å². The smallest absolute Gasteiger partial charge is 0.211 e. The van der Waals surface area contributed by atoms with Gasteiger partial charge in [0.15, 0.2) is 5.96 Å². The first-order valence-electron chi connectivity index (χ1n) is 6.05. The maximum atomic E-state index is 11.1. The molecule has 0 amide bonds. The molecule has 0 fully saturated rings. The molecule has 6 nitrogen and oxygen atoms in total. The number of hydrogen-bond donors (Lipinski definition) is 3. The van der Waals surface area contributed by atoms with Gasteiger partial charge < -0.3 is 10.6 Å². The first-order valence-corrected chi connectivity index (χ1v) is 7.70. The summed E-state index contributed by atoms with van der Waals surface area (Å²) in [7, 11) is -3.07. The topological polar surface area (TPSA) is 82.6 Å². The van der Waals surface area contributed by atoms with Gasteiger partial charge in [0.25, 0.3) is 0 Å². The average molecular weight is 264 g/mol. The van der Waals surface area contributed by atoms with Crippen LogP contribution in [0.5, 0.6) is 0 Å². The Morgan fingerprint density at radius 2 is 1.71 bits per heavy atom. The summed E-state index contributed by atoms with van der Waals surface area (Å²) in [6.07, 6.45) is 0.694. The molecule has 0 heterocycles. The molecule has 3 N–H and O–H groups in total. The fourth-order valence-electron chi connectivity index (χ4n) is 1.11. The number of hydrogen-bond acceptors (Lipinski definition) is 3. The summed E-state index contributed by atoms with van der Waals surface area (Å²) in [5, 5.41) is 6.20. The van der Waals surface area contributed by atoms with E-state index in [-0.39, 0.29) is 5.75 Å². The van der Waals surface area contributed by atoms with E-state index >= 15 is 0 Å². The maximum Gasteiger partial charge on any atom is 0.211 e. The molecule has 0 aromatic rings. The second-order valence-electron chi connectivity index (χ2n) is 3.44. The normalized spacial score (nSPS) is 11.0. The highest BCUT2D eigenvalue weighted by molar-refractivity contribution is 7.89. The van der Waals surface area contributed by atoms with Gasteiger partial charge in [0, 0.05) is 26.2 Å². The van der Waals surface area contributed by atoms with Gasteiger partial charge >= 0.3 is 0 Å². The Hall–Kier alpha value is -0.820. The number of nitrogens with one attached hydrogen (secondary N) is 3. The van der Waals surface area contributed by atoms with Gasteiger partial charge in [0.05, 0.1) is 5.75 Å². The van der Waals surface area contributed by atoms with Crippen molar-refractivity contribution >= 4 is 16.0 Å². The van der Waals surface area contributed by atoms with Crippen molar-refractivity contribution in [3.63, 3.8) is 0 Å². The Morgan fingerprint density at radius 3 is 2.18 bits per heavy atom. The van der Waals surface area contributed by atoms with E-state index in [0.717, 1.165) is 19.0 Å². The zero-order valence-corrected chi connectivity index (χ0v) is 11.7. The molecular weight excluding hydrogens is 240 g/mol. The number of aliphatic imine (C=N–C) groups is 1. The Labute approximate surface area is 104 Å². The molecule has 0 saturated carbocycles. The van der Waals surface area contributed by atoms with Crippen LogP contribution in [0.3, 0.4) is 0 Å². The first-order chi connectivity index (χ1) is 8.05. The zero-order valence-electron chi connectivity index (χ0n) is 10.9. The van der Waals surface area contributed by atoms with Gasteiger partial charge in [-0.25, -0.2) is 13.1 Å². The molecule has 0 bridgehead atoms. The molecule has 17 heavy (non-hydrogen) atoms. The summed E-state index contributed by atoms with van der Waals surface area (Å²) in [6.45, 7) is 8.29. The number of nitrogens with zero attached hydrogens (tertiary/aromatic N) is 1. The highest BCUT2D eigenvalue weighted by atomic mass is 32.2. The minimum Gasteiger partial charge on any atom is -0.357 e. The molecule has 7 heteroatoms. The zero-order chi connectivity index (χ0) is 13.1. The van der Waals surface area contributed by atoms with E-state index in [9.17, 15) is 8.42 Å². The van der Waals surface area contributed by atoms with Crippen molar-refractivity contribution in [2.24, 2.45) is 4.99 Å². The summed E-state index contributed by atoms with van der Waals surface area (Å²) in [6, 6.07) is 0. The Kier molecular flexibility index (Phi) is 8.79. The van der Waals surface area contributed by atoms with Gasteiger partial charge in [-0.1, -0.05) is 0 Å². The fourth-order valence-corrected chi connectivity index (χ4v) is 1.77. The van der Waals surface area contributed by atoms with Crippen molar-refractivity contribution in [3.05, 3.63) is 0 Å². The number of rotatable bonds is 8. The highest BCUT2D eigenvalue weighted by Crippen LogP contribution is 1.85. The monoisotopic (exact) mass is 264 g/mol. The Bertz CT molecular complexity index is 306. The van der Waals surface area contributed by atoms with Crippen LogP contribution in [0.25, 0.3) is 0 Å². The predicted molar refractivity (Wildman–Crippen MR) is 71.7 cm³/mol. The van der Waals surface area contributed by atoms with Crippen molar-refractivity contribution in [3.8, 4) is 0 Å². The summed E-state index contributed by atoms with van der Waals surface area (Å²) in [5.74, 6) is 0.893. The van der Waals surface area contributed by atoms with Crippen LogP contribution in [0.1, 0.15) is 27.2 Å². The van der Waals surface area contributed by atoms with Gasteiger partial charge in [-0.05, 0) is 27.2 Å². The molecule has 102 valence electrons. The van der Waals surface area contributed by atoms with Crippen molar-refractivity contribution in [1.82, 2.24) is 15.4 Å². The van der Waals surface area contributed by atoms with Gasteiger partial charge in [-0.15, -0.1) is 0 Å². The van der Waals surface area contributed by atoms with Crippen LogP contribution in [0.15, 0.2) is 4.99 Å². The second-order valence-corrected chi connectivity index (χ2v) is 5.54. The largest absolute Gasteiger partial charge is 0.357 e. The van der Waals surface area contributed by atoms with Crippen molar-refractivity contribution in [2.45, 2.75) is 27.2 Å². The summed E-state index contributed by atoms with van der Waals surface area (Å²) >= 11 is 0. The molecule has 0 aliphatic heterocycles. The minimum atomic E-state index is -3.07. The van der Waals surface area contributed by atoms with Crippen LogP contribution in [-0.4, -0.2) is 46.3 Å². The van der Waals surface area contributed by atoms with Crippen LogP contribution in [0.2, 0.25) is 0 Å². The molecule has 0 radical (unpaired) electrons. The third-order valence-corrected chi connectivity index (χ3v) is 3.40. The van der Waals surface area contributed by atoms with E-state index in [0.29, 0.717) is 19.5 Å². The van der Waals surface area contributed by atoms with E-state index in [2.05, 4.69) is 20.3 Å². The van der Waals surface area contributed by atoms with E-state index < -0.39 is 10.0 Å². The van der Waals surface area contributed by atoms with Gasteiger partial charge in [0.2, 0.25) is 10.0 Å². The first kappa shape index (κ1) is 16.2. The lowest BCUT2D eigenvalue weighted by Gasteiger charge is -2.09. The van der Waals surface area contributed by atoms with Crippen LogP contribution in [0, 0.1) is 0 Å². The number of guanidine groups is 1. The van der Waals surface area contributed by atoms with E-state index in [1.54, 1.807) is 6.92 Å². The van der Waals surface area contributed by atoms with E-state index in [1.165, 1.54) is 0 Å². The minimum absolute atomic E-state index is 0.121. The van der Waals surface area contributed by atoms with Crippen molar-refractivity contribution in [1.29, 1.82) is 0 Å². The fraction of sp³-hybridized carbons (Fsp3) is 0.900. The average Bonchev–Trinajstić information content (AvgIpc) is 2.29. The molecular formula is C10H24N4O2S. The van der Waals surface area contributed by atoms with Crippen LogP contribution >= 0.6 is 0 Å². The predicted octanol–water partition coefficient (Wildman–Crippen LogP) is -0.109. The SMILES string of the molecule is CCNC(=NCCCNS(=O)(=O)CC)NCC. The van der Waals surface area contributed by atoms with Gasteiger partial charge in [-0.2, -0.15) is 0 Å². The summed E-state index contributed by atoms with van der Waals surface area (Å²) in [5.41, 5.74) is 0. The van der Waals surface area contributed by atoms with Crippen LogP contribution in [0.4, 0.5) is 0 Å². The van der Waals surface area contributed by atoms with Gasteiger partial charge in [-0.3, -0.25) is 4.99 Å². The lowest BCUT2D eigenvalue weighted by molar-refractivity contribution is 0.581. The molecule has 0 aromatic heterocycles. The maximum absolute atomic E-state index is 11.1. The summed E-state index contributed by atoms with van der Waals surface area (Å²) < 4.78 is 24.8. The number of sulfonamides is 1. The molecule has 0 rings (SSSR count). The quantitative estimate of drug-likeness (QED) is 0.324. The molecule has 0 spiro atoms. The Balaban J connectivity index is 3.83. The lowest BCUT2D eigenvalue weighted by atomic mass is 10.4. The molecule has 0 saturated heterocycles. The van der Waals surface area contributed by atoms with Gasteiger partial charge in [0.1, 0.15) is 0 Å². The lowest BCUT2D eigenvalue weighted by Crippen LogP contribution is -2.37. The Morgan fingerprint density at radius 1 is 1.12 bits per heavy atom. The second kappa shape index (κ2) is 9.23. The van der Waals surface area contributed by atoms with Crippen molar-refractivity contribution < 1.29 is 8.42 Å². The molecule has 0 aliphatic carbocycles. The van der Waals surface area contributed by atoms with E-state index in [1.807, 2.05) is 13.8 Å². The molecule has 0 aliphatic rings. The molecule has 0 aromatic carbocycles. The molecule has 0 atom stereocenters. The van der Waals surface area contributed by atoms with Crippen LogP contribution < -0.4 is 15.4 Å². The van der Waals surface area contributed by atoms with Crippen LogP contribution in [-0.2, 0) is 10.0 Å². The third-order valence-electron chi connectivity index (χ3n) is 2.00. The third kappa shape index (κ3) is 8.93. The standard InChI is InChI=1S/C10H24N4O2S/c1-4-11-10(12-5-2)13-8-7-9-14-17(15,16)6-3/h14H,4-9H2,1-3H3,(H2,11,12,13).